The number of ether oxygens (including phenoxy) is 1. The van der Waals surface area contributed by atoms with Crippen molar-refractivity contribution >= 4 is 49.2 Å². The van der Waals surface area contributed by atoms with Gasteiger partial charge in [0.2, 0.25) is 0 Å². The minimum absolute atomic E-state index is 0. The summed E-state index contributed by atoms with van der Waals surface area (Å²) in [5, 5.41) is 0.162. The molecule has 1 saturated carbocycles. The summed E-state index contributed by atoms with van der Waals surface area (Å²) < 4.78 is 19.8. The Labute approximate surface area is 232 Å². The molecule has 0 N–H and O–H groups in total. The van der Waals surface area contributed by atoms with Gasteiger partial charge < -0.3 is 4.74 Å². The van der Waals surface area contributed by atoms with Crippen LogP contribution in [0.3, 0.4) is 0 Å². The van der Waals surface area contributed by atoms with Gasteiger partial charge >= 0.3 is 5.97 Å². The van der Waals surface area contributed by atoms with E-state index in [0.717, 1.165) is 58.3 Å². The Morgan fingerprint density at radius 1 is 1.11 bits per heavy atom. The molecule has 2 unspecified atom stereocenters. The van der Waals surface area contributed by atoms with Gasteiger partial charge in [0.05, 0.1) is 12.6 Å². The maximum Gasteiger partial charge on any atom is 0.306 e. The highest BCUT2D eigenvalue weighted by Crippen LogP contribution is 2.39. The SMILES string of the molecule is CCOC(=O)CC1CCN(C/C=C2/CN(C(C(=O)C3CC3)c3ccccc3F)CCC2S)CC1.Cl.Cl. The summed E-state index contributed by atoms with van der Waals surface area (Å²) in [7, 11) is 0. The number of hydrogen-bond acceptors (Lipinski definition) is 6. The number of halogens is 3. The van der Waals surface area contributed by atoms with E-state index in [1.165, 1.54) is 11.6 Å². The third-order valence-corrected chi connectivity index (χ3v) is 7.99. The van der Waals surface area contributed by atoms with E-state index >= 15 is 0 Å². The molecule has 2 saturated heterocycles. The second-order valence-electron chi connectivity index (χ2n) is 9.91. The molecule has 1 aromatic carbocycles. The highest BCUT2D eigenvalue weighted by molar-refractivity contribution is 7.81. The van der Waals surface area contributed by atoms with Gasteiger partial charge in [0.25, 0.3) is 0 Å². The molecule has 0 amide bonds. The molecule has 1 aromatic rings. The van der Waals surface area contributed by atoms with Crippen molar-refractivity contribution in [2.75, 3.05) is 39.3 Å². The van der Waals surface area contributed by atoms with Gasteiger partial charge in [-0.05, 0) is 69.7 Å². The molecule has 1 aliphatic carbocycles. The average molecular weight is 562 g/mol. The minimum Gasteiger partial charge on any atom is -0.466 e. The lowest BCUT2D eigenvalue weighted by atomic mass is 9.92. The van der Waals surface area contributed by atoms with Crippen LogP contribution in [0.25, 0.3) is 0 Å². The van der Waals surface area contributed by atoms with Crippen molar-refractivity contribution in [1.82, 2.24) is 9.80 Å². The van der Waals surface area contributed by atoms with E-state index in [1.54, 1.807) is 12.1 Å². The fraction of sp³-hybridized carbons (Fsp3) is 0.630. The number of thiol groups is 1. The molecule has 2 heterocycles. The smallest absolute Gasteiger partial charge is 0.306 e. The van der Waals surface area contributed by atoms with Crippen LogP contribution in [0.5, 0.6) is 0 Å². The average Bonchev–Trinajstić information content (AvgIpc) is 3.67. The Morgan fingerprint density at radius 2 is 1.81 bits per heavy atom. The first kappa shape index (κ1) is 31.1. The lowest BCUT2D eigenvalue weighted by Gasteiger charge is -2.38. The Kier molecular flexibility index (Phi) is 12.7. The molecule has 0 radical (unpaired) electrons. The molecule has 202 valence electrons. The van der Waals surface area contributed by atoms with Gasteiger partial charge in [-0.1, -0.05) is 24.3 Å². The number of carbonyl (C=O) groups excluding carboxylic acids is 2. The summed E-state index contributed by atoms with van der Waals surface area (Å²) in [4.78, 5) is 29.5. The quantitative estimate of drug-likeness (QED) is 0.253. The molecule has 2 atom stereocenters. The van der Waals surface area contributed by atoms with E-state index < -0.39 is 6.04 Å². The summed E-state index contributed by atoms with van der Waals surface area (Å²) in [6.07, 6.45) is 7.47. The summed E-state index contributed by atoms with van der Waals surface area (Å²) in [6, 6.07) is 6.20. The van der Waals surface area contributed by atoms with Gasteiger partial charge in [0, 0.05) is 42.8 Å². The lowest BCUT2D eigenvalue weighted by Crippen LogP contribution is -2.43. The third kappa shape index (κ3) is 8.19. The maximum atomic E-state index is 14.7. The number of Topliss-reactive ketones (excluding diaryl/α,β-unsaturated/α-hetero) is 1. The number of piperidine rings is 2. The molecular weight excluding hydrogens is 522 g/mol. The van der Waals surface area contributed by atoms with Gasteiger partial charge in [-0.2, -0.15) is 12.6 Å². The van der Waals surface area contributed by atoms with E-state index in [9.17, 15) is 14.0 Å². The first-order valence-corrected chi connectivity index (χ1v) is 13.2. The molecule has 4 rings (SSSR count). The topological polar surface area (TPSA) is 49.9 Å². The van der Waals surface area contributed by atoms with Crippen molar-refractivity contribution in [3.8, 4) is 0 Å². The highest BCUT2D eigenvalue weighted by atomic mass is 35.5. The van der Waals surface area contributed by atoms with Gasteiger partial charge in [-0.25, -0.2) is 4.39 Å². The predicted octanol–water partition coefficient (Wildman–Crippen LogP) is 5.29. The van der Waals surface area contributed by atoms with Crippen LogP contribution in [-0.4, -0.2) is 66.1 Å². The molecule has 0 aromatic heterocycles. The van der Waals surface area contributed by atoms with Gasteiger partial charge in [-0.15, -0.1) is 24.8 Å². The van der Waals surface area contributed by atoms with E-state index in [0.29, 0.717) is 31.1 Å². The molecule has 9 heteroatoms. The zero-order valence-electron chi connectivity index (χ0n) is 20.9. The molecule has 5 nitrogen and oxygen atoms in total. The Balaban J connectivity index is 0.00000228. The zero-order chi connectivity index (χ0) is 24.1. The fourth-order valence-electron chi connectivity index (χ4n) is 5.21. The van der Waals surface area contributed by atoms with Crippen LogP contribution in [-0.2, 0) is 14.3 Å². The van der Waals surface area contributed by atoms with Crippen molar-refractivity contribution in [1.29, 1.82) is 0 Å². The van der Waals surface area contributed by atoms with Crippen LogP contribution in [0, 0.1) is 17.7 Å². The monoisotopic (exact) mass is 560 g/mol. The Morgan fingerprint density at radius 3 is 2.44 bits per heavy atom. The number of benzene rings is 1. The van der Waals surface area contributed by atoms with Gasteiger partial charge in [0.15, 0.2) is 5.78 Å². The summed E-state index contributed by atoms with van der Waals surface area (Å²) in [5.41, 5.74) is 1.72. The predicted molar refractivity (Wildman–Crippen MR) is 149 cm³/mol. The van der Waals surface area contributed by atoms with Crippen molar-refractivity contribution in [3.05, 3.63) is 47.3 Å². The summed E-state index contributed by atoms with van der Waals surface area (Å²) in [5.74, 6) is 0.243. The van der Waals surface area contributed by atoms with Crippen molar-refractivity contribution in [2.45, 2.75) is 56.7 Å². The number of nitrogens with zero attached hydrogens (tertiary/aromatic N) is 2. The zero-order valence-corrected chi connectivity index (χ0v) is 23.5. The molecule has 2 aliphatic heterocycles. The Bertz CT molecular complexity index is 907. The largest absolute Gasteiger partial charge is 0.466 e. The molecule has 0 spiro atoms. The fourth-order valence-corrected chi connectivity index (χ4v) is 5.51. The third-order valence-electron chi connectivity index (χ3n) is 7.40. The van der Waals surface area contributed by atoms with Crippen LogP contribution < -0.4 is 0 Å². The summed E-state index contributed by atoms with van der Waals surface area (Å²) in [6.45, 7) is 6.44. The normalized spacial score (nSPS) is 23.4. The van der Waals surface area contributed by atoms with Crippen LogP contribution in [0.4, 0.5) is 4.39 Å². The highest BCUT2D eigenvalue weighted by Gasteiger charge is 2.40. The van der Waals surface area contributed by atoms with E-state index in [1.807, 2.05) is 13.0 Å². The Hall–Kier alpha value is -1.12. The van der Waals surface area contributed by atoms with E-state index in [2.05, 4.69) is 15.9 Å². The number of esters is 1. The maximum absolute atomic E-state index is 14.7. The molecule has 3 fully saturated rings. The van der Waals surface area contributed by atoms with E-state index in [-0.39, 0.29) is 53.6 Å². The minimum atomic E-state index is -0.517. The number of ketones is 1. The number of rotatable bonds is 9. The van der Waals surface area contributed by atoms with Crippen molar-refractivity contribution < 1.29 is 18.7 Å². The van der Waals surface area contributed by atoms with Gasteiger partial charge in [-0.3, -0.25) is 19.4 Å². The number of likely N-dealkylation sites (tertiary alicyclic amines) is 2. The second kappa shape index (κ2) is 14.7. The molecular formula is C27H39Cl2FN2O3S. The van der Waals surface area contributed by atoms with Crippen LogP contribution in [0.2, 0.25) is 0 Å². The lowest BCUT2D eigenvalue weighted by molar-refractivity contribution is -0.144. The first-order valence-electron chi connectivity index (χ1n) is 12.7. The second-order valence-corrected chi connectivity index (χ2v) is 10.5. The molecule has 36 heavy (non-hydrogen) atoms. The van der Waals surface area contributed by atoms with E-state index in [4.69, 9.17) is 17.4 Å². The summed E-state index contributed by atoms with van der Waals surface area (Å²) >= 11 is 4.82. The number of carbonyl (C=O) groups is 2. The molecule has 3 aliphatic rings. The van der Waals surface area contributed by atoms with Crippen LogP contribution in [0.15, 0.2) is 35.9 Å². The van der Waals surface area contributed by atoms with Crippen LogP contribution >= 0.6 is 37.4 Å². The van der Waals surface area contributed by atoms with Crippen molar-refractivity contribution in [2.24, 2.45) is 11.8 Å². The molecule has 0 bridgehead atoms. The number of hydrogen-bond donors (Lipinski definition) is 1. The van der Waals surface area contributed by atoms with Gasteiger partial charge in [0.1, 0.15) is 5.82 Å². The van der Waals surface area contributed by atoms with Crippen molar-refractivity contribution in [3.63, 3.8) is 0 Å². The standard InChI is InChI=1S/C27H37FN2O3S.2ClH/c1-2-33-25(31)17-19-9-13-29(14-10-19)15-11-21-18-30(16-12-24(21)34)26(27(32)20-7-8-20)22-5-3-4-6-23(22)28;;/h3-6,11,19-20,24,26,34H,2,7-10,12-18H2,1H3;2*1H/b21-11-;;. The van der Waals surface area contributed by atoms with Crippen LogP contribution in [0.1, 0.15) is 57.1 Å². The first-order chi connectivity index (χ1) is 16.5.